The topological polar surface area (TPSA) is 57.7 Å². The lowest BCUT2D eigenvalue weighted by molar-refractivity contribution is -0.188. The molecule has 0 N–H and O–H groups in total. The van der Waals surface area contributed by atoms with E-state index >= 15 is 0 Å². The van der Waals surface area contributed by atoms with Crippen molar-refractivity contribution < 1.29 is 27.6 Å². The Morgan fingerprint density at radius 2 is 1.55 bits per heavy atom. The molecule has 0 saturated carbocycles. The van der Waals surface area contributed by atoms with E-state index in [1.54, 1.807) is 20.8 Å². The first-order valence-electron chi connectivity index (χ1n) is 6.62. The van der Waals surface area contributed by atoms with Crippen LogP contribution in [0.3, 0.4) is 0 Å². The number of amides is 3. The number of alkyl halides is 3. The van der Waals surface area contributed by atoms with Crippen molar-refractivity contribution in [1.29, 1.82) is 0 Å². The van der Waals surface area contributed by atoms with Gasteiger partial charge >= 0.3 is 12.1 Å². The van der Waals surface area contributed by atoms with Gasteiger partial charge < -0.3 is 4.90 Å². The fraction of sp³-hybridized carbons (Fsp3) is 0.643. The van der Waals surface area contributed by atoms with E-state index in [1.165, 1.54) is 13.8 Å². The first-order chi connectivity index (χ1) is 9.73. The van der Waals surface area contributed by atoms with Gasteiger partial charge in [-0.25, -0.2) is 0 Å². The first-order valence-corrected chi connectivity index (χ1v) is 6.62. The predicted molar refractivity (Wildman–Crippen MR) is 74.7 cm³/mol. The molecule has 0 bridgehead atoms. The smallest absolute Gasteiger partial charge is 0.325 e. The molecule has 0 aliphatic carbocycles. The molecule has 3 amide bonds. The van der Waals surface area contributed by atoms with Crippen LogP contribution in [0.4, 0.5) is 13.2 Å². The molecular formula is C14H21F3N2O3. The molecule has 0 radical (unpaired) electrons. The van der Waals surface area contributed by atoms with Gasteiger partial charge in [-0.15, -0.1) is 0 Å². The number of hydrogen-bond acceptors (Lipinski definition) is 3. The quantitative estimate of drug-likeness (QED) is 0.745. The Morgan fingerprint density at radius 1 is 1.09 bits per heavy atom. The largest absolute Gasteiger partial charge is 0.471 e. The molecule has 0 heterocycles. The van der Waals surface area contributed by atoms with Gasteiger partial charge in [-0.3, -0.25) is 19.3 Å². The zero-order valence-electron chi connectivity index (χ0n) is 13.4. The molecule has 0 aliphatic heterocycles. The lowest BCUT2D eigenvalue weighted by Gasteiger charge is -2.36. The molecule has 8 heteroatoms. The van der Waals surface area contributed by atoms with Crippen molar-refractivity contribution in [2.75, 3.05) is 13.1 Å². The number of carbonyl (C=O) groups excluding carboxylic acids is 3. The second-order valence-electron chi connectivity index (χ2n) is 5.78. The van der Waals surface area contributed by atoms with Crippen LogP contribution >= 0.6 is 0 Å². The van der Waals surface area contributed by atoms with Crippen LogP contribution in [-0.4, -0.2) is 52.3 Å². The highest BCUT2D eigenvalue weighted by Gasteiger charge is 2.44. The van der Waals surface area contributed by atoms with E-state index in [9.17, 15) is 27.6 Å². The van der Waals surface area contributed by atoms with Crippen molar-refractivity contribution >= 4 is 17.7 Å². The molecule has 0 aliphatic rings. The van der Waals surface area contributed by atoms with Crippen molar-refractivity contribution in [3.8, 4) is 0 Å². The molecule has 0 aromatic heterocycles. The highest BCUT2D eigenvalue weighted by atomic mass is 19.4. The first kappa shape index (κ1) is 20.1. The Hall–Kier alpha value is -1.86. The molecule has 5 nitrogen and oxygen atoms in total. The van der Waals surface area contributed by atoms with Crippen LogP contribution in [0.25, 0.3) is 0 Å². The van der Waals surface area contributed by atoms with E-state index in [1.807, 2.05) is 0 Å². The van der Waals surface area contributed by atoms with Crippen LogP contribution in [0.5, 0.6) is 0 Å². The number of halogens is 3. The molecule has 0 spiro atoms. The number of carbonyl (C=O) groups is 3. The summed E-state index contributed by atoms with van der Waals surface area (Å²) in [6, 6.07) is 0. The molecule has 0 unspecified atom stereocenters. The monoisotopic (exact) mass is 322 g/mol. The standard InChI is InChI=1S/C14H21F3N2O3/c1-7-18(12(22)14(15,16)17)10(20)8-19(13(4,5)6)11(21)9(2)3/h2,7-8H2,1,3-6H3. The van der Waals surface area contributed by atoms with Gasteiger partial charge in [0.25, 0.3) is 0 Å². The predicted octanol–water partition coefficient (Wildman–Crippen LogP) is 2.13. The number of imide groups is 1. The molecule has 126 valence electrons. The zero-order chi connectivity index (χ0) is 17.9. The summed E-state index contributed by atoms with van der Waals surface area (Å²) in [4.78, 5) is 36.5. The average molecular weight is 322 g/mol. The molecule has 0 aromatic rings. The minimum absolute atomic E-state index is 0.0877. The third kappa shape index (κ3) is 5.16. The average Bonchev–Trinajstić information content (AvgIpc) is 2.33. The van der Waals surface area contributed by atoms with Crippen molar-refractivity contribution in [3.05, 3.63) is 12.2 Å². The number of hydrogen-bond donors (Lipinski definition) is 0. The molecular weight excluding hydrogens is 301 g/mol. The third-order valence-electron chi connectivity index (χ3n) is 2.82. The SMILES string of the molecule is C=C(C)C(=O)N(CC(=O)N(CC)C(=O)C(F)(F)F)C(C)(C)C. The van der Waals surface area contributed by atoms with Gasteiger partial charge in [0.2, 0.25) is 11.8 Å². The van der Waals surface area contributed by atoms with Crippen LogP contribution in [0.1, 0.15) is 34.6 Å². The summed E-state index contributed by atoms with van der Waals surface area (Å²) in [6.45, 7) is 9.98. The van der Waals surface area contributed by atoms with E-state index in [2.05, 4.69) is 6.58 Å². The summed E-state index contributed by atoms with van der Waals surface area (Å²) in [7, 11) is 0. The highest BCUT2D eigenvalue weighted by Crippen LogP contribution is 2.20. The summed E-state index contributed by atoms with van der Waals surface area (Å²) in [5.74, 6) is -3.89. The number of rotatable bonds is 4. The highest BCUT2D eigenvalue weighted by molar-refractivity contribution is 6.01. The molecule has 0 rings (SSSR count). The van der Waals surface area contributed by atoms with E-state index in [0.717, 1.165) is 4.90 Å². The van der Waals surface area contributed by atoms with Crippen LogP contribution in [-0.2, 0) is 14.4 Å². The molecule has 0 fully saturated rings. The maximum absolute atomic E-state index is 12.5. The molecule has 0 saturated heterocycles. The van der Waals surface area contributed by atoms with E-state index in [-0.39, 0.29) is 10.5 Å². The Kier molecular flexibility index (Phi) is 6.35. The second kappa shape index (κ2) is 6.93. The van der Waals surface area contributed by atoms with Crippen LogP contribution in [0.15, 0.2) is 12.2 Å². The summed E-state index contributed by atoms with van der Waals surface area (Å²) in [6.07, 6.45) is -5.14. The molecule has 0 aromatic carbocycles. The van der Waals surface area contributed by atoms with Crippen LogP contribution < -0.4 is 0 Å². The van der Waals surface area contributed by atoms with Crippen LogP contribution in [0, 0.1) is 0 Å². The number of likely N-dealkylation sites (N-methyl/N-ethyl adjacent to an activating group) is 1. The van der Waals surface area contributed by atoms with Gasteiger partial charge in [0.05, 0.1) is 0 Å². The normalized spacial score (nSPS) is 11.8. The van der Waals surface area contributed by atoms with Crippen molar-refractivity contribution in [1.82, 2.24) is 9.80 Å². The Labute approximate surface area is 127 Å². The summed E-state index contributed by atoms with van der Waals surface area (Å²) in [5.41, 5.74) is -0.667. The van der Waals surface area contributed by atoms with E-state index in [0.29, 0.717) is 0 Å². The third-order valence-corrected chi connectivity index (χ3v) is 2.82. The minimum Gasteiger partial charge on any atom is -0.325 e. The summed E-state index contributed by atoms with van der Waals surface area (Å²) < 4.78 is 37.4. The van der Waals surface area contributed by atoms with E-state index in [4.69, 9.17) is 0 Å². The van der Waals surface area contributed by atoms with Gasteiger partial charge in [0.15, 0.2) is 0 Å². The summed E-state index contributed by atoms with van der Waals surface area (Å²) >= 11 is 0. The number of nitrogens with zero attached hydrogens (tertiary/aromatic N) is 2. The Bertz CT molecular complexity index is 479. The molecule has 0 atom stereocenters. The van der Waals surface area contributed by atoms with E-state index < -0.39 is 42.5 Å². The lowest BCUT2D eigenvalue weighted by Crippen LogP contribution is -2.54. The summed E-state index contributed by atoms with van der Waals surface area (Å²) in [5, 5.41) is 0. The lowest BCUT2D eigenvalue weighted by atomic mass is 10.0. The fourth-order valence-corrected chi connectivity index (χ4v) is 1.65. The van der Waals surface area contributed by atoms with Gasteiger partial charge in [0.1, 0.15) is 6.54 Å². The molecule has 22 heavy (non-hydrogen) atoms. The van der Waals surface area contributed by atoms with Gasteiger partial charge in [-0.05, 0) is 34.6 Å². The van der Waals surface area contributed by atoms with Gasteiger partial charge in [-0.1, -0.05) is 6.58 Å². The maximum Gasteiger partial charge on any atom is 0.471 e. The zero-order valence-corrected chi connectivity index (χ0v) is 13.4. The second-order valence-corrected chi connectivity index (χ2v) is 5.78. The van der Waals surface area contributed by atoms with Gasteiger partial charge in [0, 0.05) is 17.7 Å². The maximum atomic E-state index is 12.5. The fourth-order valence-electron chi connectivity index (χ4n) is 1.65. The van der Waals surface area contributed by atoms with Crippen molar-refractivity contribution in [2.24, 2.45) is 0 Å². The van der Waals surface area contributed by atoms with Crippen molar-refractivity contribution in [3.63, 3.8) is 0 Å². The van der Waals surface area contributed by atoms with Crippen molar-refractivity contribution in [2.45, 2.75) is 46.3 Å². The Balaban J connectivity index is 5.38. The van der Waals surface area contributed by atoms with Gasteiger partial charge in [-0.2, -0.15) is 13.2 Å². The van der Waals surface area contributed by atoms with Crippen LogP contribution in [0.2, 0.25) is 0 Å². The minimum atomic E-state index is -5.14. The Morgan fingerprint density at radius 3 is 1.82 bits per heavy atom.